The molecule has 2 rings (SSSR count). The lowest BCUT2D eigenvalue weighted by Gasteiger charge is -2.19. The monoisotopic (exact) mass is 273 g/mol. The van der Waals surface area contributed by atoms with Crippen molar-refractivity contribution in [3.63, 3.8) is 0 Å². The van der Waals surface area contributed by atoms with Gasteiger partial charge in [-0.1, -0.05) is 0 Å². The van der Waals surface area contributed by atoms with Gasteiger partial charge in [-0.15, -0.1) is 0 Å². The molecule has 2 heterocycles. The maximum atomic E-state index is 13.8. The minimum Gasteiger partial charge on any atom is -0.394 e. The Balaban J connectivity index is 2.41. The highest BCUT2D eigenvalue weighted by molar-refractivity contribution is 5.23. The standard InChI is InChI=1S/C12H16FNO5/c1-5-3-6(11(13)14-12(5)17)9-10(18-2)8(16)7(4-15)19-9/h3,7-10,15-16H,4H2,1-2H3,(H,14,17)/t7-,8?,9+,10?/m1/s1. The summed E-state index contributed by atoms with van der Waals surface area (Å²) >= 11 is 0. The van der Waals surface area contributed by atoms with Crippen LogP contribution in [0.5, 0.6) is 0 Å². The van der Waals surface area contributed by atoms with E-state index in [-0.39, 0.29) is 5.56 Å². The van der Waals surface area contributed by atoms with Crippen LogP contribution in [0.1, 0.15) is 17.2 Å². The number of aromatic nitrogens is 1. The number of rotatable bonds is 3. The van der Waals surface area contributed by atoms with Crippen molar-refractivity contribution in [2.24, 2.45) is 0 Å². The Morgan fingerprint density at radius 1 is 1.58 bits per heavy atom. The molecule has 7 heteroatoms. The number of pyridine rings is 1. The van der Waals surface area contributed by atoms with E-state index in [0.717, 1.165) is 0 Å². The molecule has 0 aliphatic carbocycles. The van der Waals surface area contributed by atoms with Crippen molar-refractivity contribution < 1.29 is 24.1 Å². The summed E-state index contributed by atoms with van der Waals surface area (Å²) in [5.41, 5.74) is -0.0942. The summed E-state index contributed by atoms with van der Waals surface area (Å²) in [6.07, 6.45) is -3.60. The molecule has 3 N–H and O–H groups in total. The van der Waals surface area contributed by atoms with Crippen molar-refractivity contribution in [3.05, 3.63) is 33.5 Å². The molecule has 1 aromatic heterocycles. The van der Waals surface area contributed by atoms with Crippen molar-refractivity contribution in [2.45, 2.75) is 31.3 Å². The molecule has 1 aromatic rings. The van der Waals surface area contributed by atoms with E-state index in [1.165, 1.54) is 13.2 Å². The van der Waals surface area contributed by atoms with Crippen LogP contribution in [-0.2, 0) is 9.47 Å². The first-order valence-electron chi connectivity index (χ1n) is 5.86. The highest BCUT2D eigenvalue weighted by atomic mass is 19.1. The average Bonchev–Trinajstić information content (AvgIpc) is 2.70. The van der Waals surface area contributed by atoms with Gasteiger partial charge in [-0.25, -0.2) is 0 Å². The smallest absolute Gasteiger partial charge is 0.253 e. The molecule has 1 saturated heterocycles. The first-order valence-corrected chi connectivity index (χ1v) is 5.86. The van der Waals surface area contributed by atoms with Crippen molar-refractivity contribution in [1.82, 2.24) is 4.98 Å². The van der Waals surface area contributed by atoms with Crippen LogP contribution in [0.3, 0.4) is 0 Å². The number of methoxy groups -OCH3 is 1. The number of aliphatic hydroxyl groups is 2. The van der Waals surface area contributed by atoms with Gasteiger partial charge in [-0.3, -0.25) is 9.78 Å². The third-order valence-electron chi connectivity index (χ3n) is 3.30. The van der Waals surface area contributed by atoms with Gasteiger partial charge in [0.1, 0.15) is 24.4 Å². The first-order chi connectivity index (χ1) is 8.99. The number of aryl methyl sites for hydroxylation is 1. The lowest BCUT2D eigenvalue weighted by atomic mass is 10.0. The fraction of sp³-hybridized carbons (Fsp3) is 0.583. The summed E-state index contributed by atoms with van der Waals surface area (Å²) in [5.74, 6) is -0.826. The van der Waals surface area contributed by atoms with E-state index in [9.17, 15) is 14.3 Å². The van der Waals surface area contributed by atoms with Crippen LogP contribution in [0.25, 0.3) is 0 Å². The van der Waals surface area contributed by atoms with Gasteiger partial charge in [-0.2, -0.15) is 4.39 Å². The van der Waals surface area contributed by atoms with Crippen LogP contribution in [0.2, 0.25) is 0 Å². The van der Waals surface area contributed by atoms with Crippen LogP contribution in [0, 0.1) is 12.9 Å². The van der Waals surface area contributed by atoms with Gasteiger partial charge in [-0.05, 0) is 13.0 Å². The van der Waals surface area contributed by atoms with E-state index < -0.39 is 42.5 Å². The molecule has 0 saturated carbocycles. The number of hydrogen-bond acceptors (Lipinski definition) is 5. The zero-order valence-electron chi connectivity index (χ0n) is 10.6. The first kappa shape index (κ1) is 14.1. The Bertz CT molecular complexity index is 517. The second-order valence-corrected chi connectivity index (χ2v) is 4.52. The topological polar surface area (TPSA) is 91.8 Å². The molecular weight excluding hydrogens is 257 g/mol. The van der Waals surface area contributed by atoms with Gasteiger partial charge in [0.25, 0.3) is 5.56 Å². The molecular formula is C12H16FNO5. The van der Waals surface area contributed by atoms with Crippen molar-refractivity contribution in [3.8, 4) is 0 Å². The summed E-state index contributed by atoms with van der Waals surface area (Å²) < 4.78 is 24.3. The second kappa shape index (κ2) is 5.38. The molecule has 0 bridgehead atoms. The molecule has 1 aliphatic heterocycles. The Morgan fingerprint density at radius 2 is 2.26 bits per heavy atom. The predicted octanol–water partition coefficient (Wildman–Crippen LogP) is -0.369. The minimum absolute atomic E-state index is 0.0963. The molecule has 2 unspecified atom stereocenters. The van der Waals surface area contributed by atoms with Gasteiger partial charge in [0.2, 0.25) is 0 Å². The zero-order chi connectivity index (χ0) is 14.2. The number of hydrogen-bond donors (Lipinski definition) is 3. The number of halogens is 1. The van der Waals surface area contributed by atoms with Crippen LogP contribution in [0.15, 0.2) is 10.9 Å². The summed E-state index contributed by atoms with van der Waals surface area (Å²) in [6, 6.07) is 1.36. The summed E-state index contributed by atoms with van der Waals surface area (Å²) in [6.45, 7) is 1.14. The second-order valence-electron chi connectivity index (χ2n) is 4.52. The number of ether oxygens (including phenoxy) is 2. The van der Waals surface area contributed by atoms with Crippen molar-refractivity contribution >= 4 is 0 Å². The van der Waals surface area contributed by atoms with Gasteiger partial charge in [0, 0.05) is 18.2 Å². The van der Waals surface area contributed by atoms with Crippen LogP contribution >= 0.6 is 0 Å². The number of H-pyrrole nitrogens is 1. The molecule has 1 aliphatic rings. The van der Waals surface area contributed by atoms with Gasteiger partial charge in [0.15, 0.2) is 5.95 Å². The fourth-order valence-corrected chi connectivity index (χ4v) is 2.24. The van der Waals surface area contributed by atoms with E-state index in [2.05, 4.69) is 4.98 Å². The molecule has 4 atom stereocenters. The lowest BCUT2D eigenvalue weighted by molar-refractivity contribution is -0.0248. The molecule has 6 nitrogen and oxygen atoms in total. The van der Waals surface area contributed by atoms with Crippen LogP contribution in [0.4, 0.5) is 4.39 Å². The fourth-order valence-electron chi connectivity index (χ4n) is 2.24. The van der Waals surface area contributed by atoms with Crippen LogP contribution in [-0.4, -0.2) is 47.2 Å². The quantitative estimate of drug-likeness (QED) is 0.654. The molecule has 0 radical (unpaired) electrons. The van der Waals surface area contributed by atoms with E-state index >= 15 is 0 Å². The van der Waals surface area contributed by atoms with Crippen molar-refractivity contribution in [1.29, 1.82) is 0 Å². The third kappa shape index (κ3) is 2.42. The zero-order valence-corrected chi connectivity index (χ0v) is 10.6. The molecule has 0 amide bonds. The summed E-state index contributed by atoms with van der Waals surface area (Å²) in [5, 5.41) is 19.0. The molecule has 0 spiro atoms. The molecule has 19 heavy (non-hydrogen) atoms. The largest absolute Gasteiger partial charge is 0.394 e. The predicted molar refractivity (Wildman–Crippen MR) is 63.3 cm³/mol. The van der Waals surface area contributed by atoms with E-state index in [1.807, 2.05) is 0 Å². The Hall–Kier alpha value is -1.28. The average molecular weight is 273 g/mol. The number of aliphatic hydroxyl groups excluding tert-OH is 2. The van der Waals surface area contributed by atoms with Gasteiger partial charge < -0.3 is 19.7 Å². The maximum Gasteiger partial charge on any atom is 0.253 e. The highest BCUT2D eigenvalue weighted by Crippen LogP contribution is 2.35. The minimum atomic E-state index is -1.06. The van der Waals surface area contributed by atoms with E-state index in [4.69, 9.17) is 14.6 Å². The summed E-state index contributed by atoms with van der Waals surface area (Å²) in [7, 11) is 1.36. The highest BCUT2D eigenvalue weighted by Gasteiger charge is 2.45. The maximum absolute atomic E-state index is 13.8. The van der Waals surface area contributed by atoms with Crippen molar-refractivity contribution in [2.75, 3.05) is 13.7 Å². The van der Waals surface area contributed by atoms with E-state index in [0.29, 0.717) is 5.56 Å². The number of aromatic amines is 1. The molecule has 0 aromatic carbocycles. The van der Waals surface area contributed by atoms with Crippen LogP contribution < -0.4 is 5.56 Å². The Morgan fingerprint density at radius 3 is 2.84 bits per heavy atom. The lowest BCUT2D eigenvalue weighted by Crippen LogP contribution is -2.34. The summed E-state index contributed by atoms with van der Waals surface area (Å²) in [4.78, 5) is 13.4. The Labute approximate surface area is 108 Å². The normalized spacial score (nSPS) is 30.8. The molecule has 1 fully saturated rings. The van der Waals surface area contributed by atoms with Gasteiger partial charge in [0.05, 0.1) is 6.61 Å². The third-order valence-corrected chi connectivity index (χ3v) is 3.30. The SMILES string of the molecule is COC1C(O)[C@@H](CO)O[C@H]1c1cc(C)c(=O)[nH]c1F. The molecule has 106 valence electrons. The van der Waals surface area contributed by atoms with Gasteiger partial charge >= 0.3 is 0 Å². The number of nitrogens with one attached hydrogen (secondary N) is 1. The Kier molecular flexibility index (Phi) is 4.00. The van der Waals surface area contributed by atoms with E-state index in [1.54, 1.807) is 6.92 Å².